The maximum Gasteiger partial charge on any atom is 0.339 e. The lowest BCUT2D eigenvalue weighted by atomic mass is 9.93. The molecule has 0 amide bonds. The van der Waals surface area contributed by atoms with Crippen molar-refractivity contribution in [2.45, 2.75) is 71.9 Å². The summed E-state index contributed by atoms with van der Waals surface area (Å²) in [6.45, 7) is 8.94. The summed E-state index contributed by atoms with van der Waals surface area (Å²) in [6, 6.07) is 4.80. The van der Waals surface area contributed by atoms with Crippen LogP contribution in [0.2, 0.25) is 0 Å². The largest absolute Gasteiger partial charge is 1.00 e. The van der Waals surface area contributed by atoms with Gasteiger partial charge < -0.3 is 33.2 Å². The van der Waals surface area contributed by atoms with Crippen molar-refractivity contribution in [2.24, 2.45) is 0 Å². The summed E-state index contributed by atoms with van der Waals surface area (Å²) in [6.07, 6.45) is 6.56. The highest BCUT2D eigenvalue weighted by atomic mass is 127. The van der Waals surface area contributed by atoms with Gasteiger partial charge in [0.2, 0.25) is 0 Å². The smallest absolute Gasteiger partial charge is 0.339 e. The molecule has 0 unspecified atom stereocenters. The topological polar surface area (TPSA) is 26.3 Å². The lowest BCUT2D eigenvalue weighted by Gasteiger charge is -2.41. The first-order chi connectivity index (χ1) is 11.2. The van der Waals surface area contributed by atoms with Crippen molar-refractivity contribution in [1.82, 2.24) is 0 Å². The summed E-state index contributed by atoms with van der Waals surface area (Å²) in [7, 11) is 4.56. The quantitative estimate of drug-likeness (QED) is 0.380. The molecule has 1 atom stereocenters. The van der Waals surface area contributed by atoms with Gasteiger partial charge in [-0.25, -0.2) is 4.79 Å². The molecule has 1 aromatic rings. The van der Waals surface area contributed by atoms with Gasteiger partial charge >= 0.3 is 5.97 Å². The van der Waals surface area contributed by atoms with Gasteiger partial charge in [-0.2, -0.15) is 0 Å². The Labute approximate surface area is 170 Å². The Bertz CT molecular complexity index is 569. The second-order valence-electron chi connectivity index (χ2n) is 8.24. The maximum absolute atomic E-state index is 12.6. The monoisotopic (exact) mass is 459 g/mol. The van der Waals surface area contributed by atoms with Gasteiger partial charge in [0, 0.05) is 0 Å². The van der Waals surface area contributed by atoms with Gasteiger partial charge in [0.25, 0.3) is 0 Å². The first-order valence-corrected chi connectivity index (χ1v) is 9.32. The average molecular weight is 459 g/mol. The summed E-state index contributed by atoms with van der Waals surface area (Å²) in [5, 5.41) is 0. The van der Waals surface area contributed by atoms with E-state index in [4.69, 9.17) is 4.74 Å². The zero-order chi connectivity index (χ0) is 17.9. The number of hydrogen-bond acceptors (Lipinski definition) is 2. The van der Waals surface area contributed by atoms with E-state index in [9.17, 15) is 4.79 Å². The van der Waals surface area contributed by atoms with E-state index in [2.05, 4.69) is 33.2 Å². The van der Waals surface area contributed by atoms with Crippen molar-refractivity contribution in [2.75, 3.05) is 20.6 Å². The van der Waals surface area contributed by atoms with Crippen molar-refractivity contribution in [1.29, 1.82) is 0 Å². The Kier molecular flexibility index (Phi) is 8.39. The molecule has 0 radical (unpaired) electrons. The molecule has 1 saturated carbocycles. The van der Waals surface area contributed by atoms with Crippen LogP contribution in [0.4, 0.5) is 0 Å². The second-order valence-corrected chi connectivity index (χ2v) is 8.24. The molecule has 0 bridgehead atoms. The molecule has 0 heterocycles. The molecule has 0 saturated heterocycles. The number of nitrogens with zero attached hydrogens (tertiary/aromatic N) is 1. The molecule has 1 aliphatic rings. The molecule has 0 aromatic heterocycles. The molecule has 0 aliphatic heterocycles. The van der Waals surface area contributed by atoms with Crippen LogP contribution in [-0.2, 0) is 4.74 Å². The highest BCUT2D eigenvalue weighted by Gasteiger charge is 2.32. The molecular formula is C21H34INO2. The van der Waals surface area contributed by atoms with E-state index in [1.165, 1.54) is 37.7 Å². The predicted molar refractivity (Wildman–Crippen MR) is 99.4 cm³/mol. The Morgan fingerprint density at radius 2 is 1.64 bits per heavy atom. The van der Waals surface area contributed by atoms with Gasteiger partial charge in [-0.1, -0.05) is 24.1 Å². The third kappa shape index (κ3) is 5.95. The molecule has 25 heavy (non-hydrogen) atoms. The van der Waals surface area contributed by atoms with Crippen LogP contribution in [0, 0.1) is 20.8 Å². The molecule has 3 nitrogen and oxygen atoms in total. The minimum atomic E-state index is -0.179. The fraction of sp³-hybridized carbons (Fsp3) is 0.667. The Morgan fingerprint density at radius 1 is 1.12 bits per heavy atom. The van der Waals surface area contributed by atoms with Crippen molar-refractivity contribution in [3.63, 3.8) is 0 Å². The number of halogens is 1. The van der Waals surface area contributed by atoms with E-state index in [0.717, 1.165) is 27.7 Å². The van der Waals surface area contributed by atoms with Gasteiger partial charge in [0.1, 0.15) is 12.6 Å². The van der Waals surface area contributed by atoms with Crippen molar-refractivity contribution in [3.05, 3.63) is 34.4 Å². The number of aryl methyl sites for hydroxylation is 3. The van der Waals surface area contributed by atoms with Gasteiger partial charge in [-0.05, 0) is 64.5 Å². The lowest BCUT2D eigenvalue weighted by Crippen LogP contribution is -3.00. The highest BCUT2D eigenvalue weighted by molar-refractivity contribution is 5.92. The van der Waals surface area contributed by atoms with E-state index in [0.29, 0.717) is 6.04 Å². The van der Waals surface area contributed by atoms with Crippen LogP contribution in [0.5, 0.6) is 0 Å². The first kappa shape index (κ1) is 22.4. The van der Waals surface area contributed by atoms with Crippen LogP contribution in [-0.4, -0.2) is 43.2 Å². The summed E-state index contributed by atoms with van der Waals surface area (Å²) < 4.78 is 6.75. The molecule has 1 aliphatic carbocycles. The second kappa shape index (κ2) is 9.36. The highest BCUT2D eigenvalue weighted by Crippen LogP contribution is 2.26. The fourth-order valence-corrected chi connectivity index (χ4v) is 4.37. The van der Waals surface area contributed by atoms with E-state index < -0.39 is 0 Å². The lowest BCUT2D eigenvalue weighted by molar-refractivity contribution is -0.918. The summed E-state index contributed by atoms with van der Waals surface area (Å²) in [4.78, 5) is 12.6. The summed E-state index contributed by atoms with van der Waals surface area (Å²) >= 11 is 0. The molecular weight excluding hydrogens is 425 g/mol. The number of likely N-dealkylation sites (N-methyl/N-ethyl adjacent to an activating group) is 1. The average Bonchev–Trinajstić information content (AvgIpc) is 2.46. The Balaban J connectivity index is 0.00000312. The van der Waals surface area contributed by atoms with Crippen molar-refractivity contribution >= 4 is 5.97 Å². The minimum absolute atomic E-state index is 0. The number of carbonyl (C=O) groups is 1. The summed E-state index contributed by atoms with van der Waals surface area (Å²) in [5.74, 6) is -0.179. The molecule has 1 fully saturated rings. The van der Waals surface area contributed by atoms with Crippen LogP contribution in [0.25, 0.3) is 0 Å². The van der Waals surface area contributed by atoms with Crippen LogP contribution < -0.4 is 24.0 Å². The molecule has 142 valence electrons. The van der Waals surface area contributed by atoms with Crippen LogP contribution in [0.15, 0.2) is 12.1 Å². The number of ether oxygens (including phenoxy) is 1. The Morgan fingerprint density at radius 3 is 2.16 bits per heavy atom. The normalized spacial score (nSPS) is 16.9. The van der Waals surface area contributed by atoms with Crippen LogP contribution >= 0.6 is 0 Å². The number of rotatable bonds is 5. The van der Waals surface area contributed by atoms with E-state index >= 15 is 0 Å². The van der Waals surface area contributed by atoms with Gasteiger partial charge in [0.15, 0.2) is 0 Å². The van der Waals surface area contributed by atoms with Gasteiger partial charge in [-0.15, -0.1) is 0 Å². The molecule has 2 rings (SSSR count). The van der Waals surface area contributed by atoms with Crippen LogP contribution in [0.3, 0.4) is 0 Å². The first-order valence-electron chi connectivity index (χ1n) is 9.32. The third-order valence-electron chi connectivity index (χ3n) is 5.48. The zero-order valence-electron chi connectivity index (χ0n) is 16.7. The van der Waals surface area contributed by atoms with Crippen molar-refractivity contribution in [3.8, 4) is 0 Å². The zero-order valence-corrected chi connectivity index (χ0v) is 18.9. The molecule has 4 heteroatoms. The fourth-order valence-electron chi connectivity index (χ4n) is 4.37. The number of hydrogen-bond donors (Lipinski definition) is 0. The SMILES string of the molecule is Cc1cc(C)c(C(=O)O[C@@H](C)C[N+](C)(C)C2CCCCC2)c(C)c1.[I-]. The van der Waals surface area contributed by atoms with E-state index in [-0.39, 0.29) is 36.0 Å². The minimum Gasteiger partial charge on any atom is -1.00 e. The number of esters is 1. The molecule has 1 aromatic carbocycles. The maximum atomic E-state index is 12.6. The van der Waals surface area contributed by atoms with Crippen LogP contribution in [0.1, 0.15) is 66.1 Å². The van der Waals surface area contributed by atoms with E-state index in [1.807, 2.05) is 20.8 Å². The van der Waals surface area contributed by atoms with E-state index in [1.54, 1.807) is 0 Å². The molecule has 0 N–H and O–H groups in total. The number of quaternary nitrogens is 1. The summed E-state index contributed by atoms with van der Waals surface area (Å²) in [5.41, 5.74) is 3.93. The van der Waals surface area contributed by atoms with Crippen molar-refractivity contribution < 1.29 is 38.0 Å². The standard InChI is InChI=1S/C21H34NO2.HI/c1-15-12-16(2)20(17(3)13-15)21(23)24-18(4)14-22(5,6)19-10-8-7-9-11-19;/h12-13,18-19H,7-11,14H2,1-6H3;1H/q+1;/p-1/t18-;/m0./s1. The van der Waals surface area contributed by atoms with Gasteiger partial charge in [0.05, 0.1) is 25.7 Å². The number of carbonyl (C=O) groups excluding carboxylic acids is 1. The van der Waals surface area contributed by atoms with Gasteiger partial charge in [-0.3, -0.25) is 0 Å². The molecule has 0 spiro atoms. The third-order valence-corrected chi connectivity index (χ3v) is 5.48. The predicted octanol–water partition coefficient (Wildman–Crippen LogP) is 1.57. The number of benzene rings is 1. The Hall–Kier alpha value is -0.620.